The van der Waals surface area contributed by atoms with Crippen LogP contribution in [0.25, 0.3) is 0 Å². The first-order valence-corrected chi connectivity index (χ1v) is 6.66. The van der Waals surface area contributed by atoms with E-state index in [1.165, 1.54) is 25.7 Å². The largest absolute Gasteiger partial charge is 0.476 e. The van der Waals surface area contributed by atoms with Gasteiger partial charge in [0, 0.05) is 7.05 Å². The van der Waals surface area contributed by atoms with Gasteiger partial charge in [-0.05, 0) is 25.2 Å². The molecule has 4 heteroatoms. The molecular formula is C13H23N3O. The van der Waals surface area contributed by atoms with Crippen molar-refractivity contribution in [1.29, 1.82) is 0 Å². The van der Waals surface area contributed by atoms with Crippen molar-refractivity contribution in [3.63, 3.8) is 0 Å². The zero-order valence-electron chi connectivity index (χ0n) is 10.9. The van der Waals surface area contributed by atoms with Gasteiger partial charge >= 0.3 is 0 Å². The van der Waals surface area contributed by atoms with E-state index in [0.29, 0.717) is 5.92 Å². The lowest BCUT2D eigenvalue weighted by Crippen LogP contribution is -2.11. The quantitative estimate of drug-likeness (QED) is 0.856. The predicted octanol–water partition coefficient (Wildman–Crippen LogP) is 2.52. The molecule has 1 fully saturated rings. The Morgan fingerprint density at radius 3 is 2.76 bits per heavy atom. The number of aromatic nitrogens is 2. The van der Waals surface area contributed by atoms with Gasteiger partial charge in [-0.25, -0.2) is 4.68 Å². The average Bonchev–Trinajstić information content (AvgIpc) is 2.88. The molecule has 2 rings (SSSR count). The normalized spacial score (nSPS) is 16.6. The molecular weight excluding hydrogens is 214 g/mol. The molecule has 0 spiro atoms. The number of hydrogen-bond donors (Lipinski definition) is 1. The van der Waals surface area contributed by atoms with Gasteiger partial charge in [-0.1, -0.05) is 26.2 Å². The van der Waals surface area contributed by atoms with Crippen LogP contribution in [0.3, 0.4) is 0 Å². The highest BCUT2D eigenvalue weighted by molar-refractivity contribution is 5.53. The minimum absolute atomic E-state index is 0.707. The molecule has 1 aliphatic rings. The number of rotatable bonds is 5. The van der Waals surface area contributed by atoms with E-state index < -0.39 is 0 Å². The van der Waals surface area contributed by atoms with E-state index in [1.807, 2.05) is 7.05 Å². The summed E-state index contributed by atoms with van der Waals surface area (Å²) in [5, 5.41) is 4.41. The number of hydrogen-bond acceptors (Lipinski definition) is 3. The molecule has 2 N–H and O–H groups in total. The molecule has 96 valence electrons. The first-order valence-electron chi connectivity index (χ1n) is 6.66. The standard InChI is InChI=1S/C13H23N3O/c1-3-6-11-12(14)13(16(2)15-11)17-9-10-7-4-5-8-10/h10H,3-9,14H2,1-2H3. The molecule has 4 nitrogen and oxygen atoms in total. The van der Waals surface area contributed by atoms with Crippen LogP contribution in [-0.2, 0) is 13.5 Å². The van der Waals surface area contributed by atoms with Gasteiger partial charge in [0.1, 0.15) is 5.69 Å². The van der Waals surface area contributed by atoms with Gasteiger partial charge in [-0.2, -0.15) is 5.10 Å². The molecule has 0 aliphatic heterocycles. The van der Waals surface area contributed by atoms with Crippen molar-refractivity contribution in [2.75, 3.05) is 12.3 Å². The zero-order chi connectivity index (χ0) is 12.3. The molecule has 0 aromatic carbocycles. The van der Waals surface area contributed by atoms with E-state index in [2.05, 4.69) is 12.0 Å². The fraction of sp³-hybridized carbons (Fsp3) is 0.769. The van der Waals surface area contributed by atoms with Crippen LogP contribution < -0.4 is 10.5 Å². The fourth-order valence-electron chi connectivity index (χ4n) is 2.54. The Kier molecular flexibility index (Phi) is 3.92. The van der Waals surface area contributed by atoms with Crippen molar-refractivity contribution in [1.82, 2.24) is 9.78 Å². The van der Waals surface area contributed by atoms with Crippen LogP contribution in [0.5, 0.6) is 5.88 Å². The first kappa shape index (κ1) is 12.3. The summed E-state index contributed by atoms with van der Waals surface area (Å²) >= 11 is 0. The topological polar surface area (TPSA) is 53.1 Å². The minimum Gasteiger partial charge on any atom is -0.476 e. The van der Waals surface area contributed by atoms with Crippen molar-refractivity contribution in [2.45, 2.75) is 45.4 Å². The third-order valence-electron chi connectivity index (χ3n) is 3.52. The monoisotopic (exact) mass is 237 g/mol. The Balaban J connectivity index is 1.99. The van der Waals surface area contributed by atoms with Crippen molar-refractivity contribution in [3.8, 4) is 5.88 Å². The minimum atomic E-state index is 0.707. The second-order valence-corrected chi connectivity index (χ2v) is 5.00. The highest BCUT2D eigenvalue weighted by atomic mass is 16.5. The Hall–Kier alpha value is -1.19. The number of nitrogens with two attached hydrogens (primary N) is 1. The summed E-state index contributed by atoms with van der Waals surface area (Å²) in [6.07, 6.45) is 7.25. The van der Waals surface area contributed by atoms with Gasteiger partial charge in [0.25, 0.3) is 0 Å². The maximum Gasteiger partial charge on any atom is 0.235 e. The number of nitrogens with zero attached hydrogens (tertiary/aromatic N) is 2. The van der Waals surface area contributed by atoms with Crippen LogP contribution >= 0.6 is 0 Å². The summed E-state index contributed by atoms with van der Waals surface area (Å²) in [6.45, 7) is 2.92. The van der Waals surface area contributed by atoms with E-state index in [1.54, 1.807) is 4.68 Å². The summed E-state index contributed by atoms with van der Waals surface area (Å²) in [7, 11) is 1.90. The van der Waals surface area contributed by atoms with Crippen molar-refractivity contribution < 1.29 is 4.74 Å². The third kappa shape index (κ3) is 2.73. The zero-order valence-corrected chi connectivity index (χ0v) is 10.9. The summed E-state index contributed by atoms with van der Waals surface area (Å²) in [6, 6.07) is 0. The third-order valence-corrected chi connectivity index (χ3v) is 3.52. The van der Waals surface area contributed by atoms with Crippen molar-refractivity contribution in [3.05, 3.63) is 5.69 Å². The lowest BCUT2D eigenvalue weighted by molar-refractivity contribution is 0.235. The number of aryl methyl sites for hydroxylation is 2. The second kappa shape index (κ2) is 5.43. The van der Waals surface area contributed by atoms with E-state index >= 15 is 0 Å². The number of anilines is 1. The van der Waals surface area contributed by atoms with Gasteiger partial charge in [-0.3, -0.25) is 0 Å². The molecule has 0 amide bonds. The van der Waals surface area contributed by atoms with Crippen LogP contribution in [0.1, 0.15) is 44.7 Å². The van der Waals surface area contributed by atoms with Crippen molar-refractivity contribution in [2.24, 2.45) is 13.0 Å². The van der Waals surface area contributed by atoms with Gasteiger partial charge < -0.3 is 10.5 Å². The maximum absolute atomic E-state index is 6.07. The average molecular weight is 237 g/mol. The first-order chi connectivity index (χ1) is 8.22. The molecule has 0 saturated heterocycles. The molecule has 1 aliphatic carbocycles. The molecule has 0 atom stereocenters. The van der Waals surface area contributed by atoms with Crippen LogP contribution in [0.15, 0.2) is 0 Å². The van der Waals surface area contributed by atoms with Gasteiger partial charge in [0.05, 0.1) is 12.3 Å². The lowest BCUT2D eigenvalue weighted by atomic mass is 10.1. The molecule has 1 heterocycles. The van der Waals surface area contributed by atoms with Crippen LogP contribution in [0.4, 0.5) is 5.69 Å². The number of ether oxygens (including phenoxy) is 1. The molecule has 0 unspecified atom stereocenters. The lowest BCUT2D eigenvalue weighted by Gasteiger charge is -2.11. The number of nitrogen functional groups attached to an aromatic ring is 1. The summed E-state index contributed by atoms with van der Waals surface area (Å²) in [5.74, 6) is 1.46. The van der Waals surface area contributed by atoms with E-state index in [-0.39, 0.29) is 0 Å². The van der Waals surface area contributed by atoms with E-state index in [4.69, 9.17) is 10.5 Å². The summed E-state index contributed by atoms with van der Waals surface area (Å²) in [4.78, 5) is 0. The maximum atomic E-state index is 6.07. The highest BCUT2D eigenvalue weighted by Crippen LogP contribution is 2.29. The summed E-state index contributed by atoms with van der Waals surface area (Å²) < 4.78 is 7.63. The van der Waals surface area contributed by atoms with E-state index in [9.17, 15) is 0 Å². The van der Waals surface area contributed by atoms with Crippen molar-refractivity contribution >= 4 is 5.69 Å². The molecule has 0 bridgehead atoms. The smallest absolute Gasteiger partial charge is 0.235 e. The van der Waals surface area contributed by atoms with Crippen LogP contribution in [0, 0.1) is 5.92 Å². The Bertz CT molecular complexity index is 367. The van der Waals surface area contributed by atoms with Crippen LogP contribution in [0.2, 0.25) is 0 Å². The second-order valence-electron chi connectivity index (χ2n) is 5.00. The molecule has 1 aromatic heterocycles. The Morgan fingerprint density at radius 1 is 1.41 bits per heavy atom. The Morgan fingerprint density at radius 2 is 2.12 bits per heavy atom. The summed E-state index contributed by atoms with van der Waals surface area (Å²) in [5.41, 5.74) is 7.76. The SMILES string of the molecule is CCCc1nn(C)c(OCC2CCCC2)c1N. The molecule has 1 aromatic rings. The van der Waals surface area contributed by atoms with Gasteiger partial charge in [0.2, 0.25) is 5.88 Å². The Labute approximate surface area is 103 Å². The fourth-order valence-corrected chi connectivity index (χ4v) is 2.54. The van der Waals surface area contributed by atoms with Gasteiger partial charge in [0.15, 0.2) is 0 Å². The molecule has 0 radical (unpaired) electrons. The van der Waals surface area contributed by atoms with E-state index in [0.717, 1.165) is 36.7 Å². The molecule has 17 heavy (non-hydrogen) atoms. The predicted molar refractivity (Wildman–Crippen MR) is 69.1 cm³/mol. The highest BCUT2D eigenvalue weighted by Gasteiger charge is 2.19. The van der Waals surface area contributed by atoms with Crippen LogP contribution in [-0.4, -0.2) is 16.4 Å². The van der Waals surface area contributed by atoms with Gasteiger partial charge in [-0.15, -0.1) is 0 Å². The molecule has 1 saturated carbocycles.